The first-order valence-electron chi connectivity index (χ1n) is 21.6. The Labute approximate surface area is 349 Å². The Hall–Kier alpha value is -2.08. The summed E-state index contributed by atoms with van der Waals surface area (Å²) < 4.78 is 34.3. The first-order chi connectivity index (χ1) is 26.8. The van der Waals surface area contributed by atoms with E-state index in [1.807, 2.05) is 6.92 Å². The molecule has 6 fully saturated rings. The quantitative estimate of drug-likeness (QED) is 0.170. The number of hydrogen-bond donors (Lipinski definition) is 1. The molecule has 2 aliphatic heterocycles. The van der Waals surface area contributed by atoms with E-state index in [1.165, 1.54) is 17.3 Å². The number of halogens is 1. The maximum atomic E-state index is 13.1. The second-order valence-electron chi connectivity index (χ2n) is 20.7. The van der Waals surface area contributed by atoms with Crippen LogP contribution in [0.3, 0.4) is 0 Å². The first kappa shape index (κ1) is 41.6. The van der Waals surface area contributed by atoms with Gasteiger partial charge in [-0.2, -0.15) is 0 Å². The lowest BCUT2D eigenvalue weighted by molar-refractivity contribution is -0.276. The maximum Gasteiger partial charge on any atom is 0.302 e. The molecule has 312 valence electrons. The fourth-order valence-corrected chi connectivity index (χ4v) is 20.0. The van der Waals surface area contributed by atoms with Crippen molar-refractivity contribution in [1.29, 1.82) is 0 Å². The van der Waals surface area contributed by atoms with Gasteiger partial charge < -0.3 is 28.5 Å². The largest absolute Gasteiger partial charge is 0.463 e. The van der Waals surface area contributed by atoms with Crippen molar-refractivity contribution in [3.63, 3.8) is 0 Å². The van der Waals surface area contributed by atoms with Crippen LogP contribution >= 0.6 is 15.9 Å². The van der Waals surface area contributed by atoms with Crippen LogP contribution in [0.25, 0.3) is 0 Å². The maximum absolute atomic E-state index is 13.1. The highest BCUT2D eigenvalue weighted by atomic mass is 79.9. The van der Waals surface area contributed by atoms with Crippen LogP contribution in [-0.2, 0) is 33.0 Å². The number of benzene rings is 2. The number of carbonyl (C=O) groups is 2. The van der Waals surface area contributed by atoms with Gasteiger partial charge in [0.2, 0.25) is 5.79 Å². The molecule has 8 rings (SSSR count). The lowest BCUT2D eigenvalue weighted by Gasteiger charge is -2.63. The summed E-state index contributed by atoms with van der Waals surface area (Å²) in [6, 6.07) is 21.4. The molecule has 4 saturated carbocycles. The van der Waals surface area contributed by atoms with Crippen molar-refractivity contribution in [3.8, 4) is 0 Å². The number of ether oxygens (including phenoxy) is 4. The van der Waals surface area contributed by atoms with E-state index >= 15 is 0 Å². The summed E-state index contributed by atoms with van der Waals surface area (Å²) in [5, 5.41) is 13.1. The van der Waals surface area contributed by atoms with Crippen molar-refractivity contribution in [1.82, 2.24) is 0 Å². The third-order valence-electron chi connectivity index (χ3n) is 16.4. The monoisotopic (exact) mass is 864 g/mol. The molecule has 8 nitrogen and oxygen atoms in total. The molecule has 2 saturated heterocycles. The van der Waals surface area contributed by atoms with E-state index in [-0.39, 0.29) is 59.1 Å². The van der Waals surface area contributed by atoms with Gasteiger partial charge in [-0.25, -0.2) is 0 Å². The molecule has 57 heavy (non-hydrogen) atoms. The molecule has 0 amide bonds. The molecule has 4 aliphatic carbocycles. The standard InChI is InChI=1S/C47H65BrO8Si/c1-29(50)52-32-22-23-44(7)31(24-32)20-21-35-36(44)26-39(53-30(2)51)45(8)37(35)25-38-41(45)46(9,48)47(54-38)40(27-43(6,28-49)56-47)55-57(42(3,4)5,33-16-12-10-13-17-33)34-18-14-11-15-19-34/h10-19,31-32,35-41,49H,20-28H2,1-9H3/t31-,32-,35+,36-,37-,38-,39+,40+,41-,43-,44-,45+,46-,47+/m0/s1. The molecule has 1 spiro atoms. The third kappa shape index (κ3) is 6.21. The Morgan fingerprint density at radius 2 is 1.46 bits per heavy atom. The van der Waals surface area contributed by atoms with Gasteiger partial charge in [0.15, 0.2) is 0 Å². The number of hydrogen-bond acceptors (Lipinski definition) is 8. The fourth-order valence-electron chi connectivity index (χ4n) is 14.1. The molecular weight excluding hydrogens is 800 g/mol. The van der Waals surface area contributed by atoms with Gasteiger partial charge in [0.05, 0.1) is 22.6 Å². The van der Waals surface area contributed by atoms with E-state index in [4.69, 9.17) is 23.4 Å². The molecule has 14 atom stereocenters. The predicted molar refractivity (Wildman–Crippen MR) is 226 cm³/mol. The number of esters is 2. The number of alkyl halides is 1. The van der Waals surface area contributed by atoms with E-state index in [9.17, 15) is 14.7 Å². The summed E-state index contributed by atoms with van der Waals surface area (Å²) >= 11 is 4.42. The smallest absolute Gasteiger partial charge is 0.302 e. The lowest BCUT2D eigenvalue weighted by Crippen LogP contribution is -2.70. The Morgan fingerprint density at radius 3 is 2.02 bits per heavy atom. The van der Waals surface area contributed by atoms with Crippen LogP contribution in [0.5, 0.6) is 0 Å². The molecule has 10 heteroatoms. The van der Waals surface area contributed by atoms with Gasteiger partial charge in [-0.3, -0.25) is 9.59 Å². The van der Waals surface area contributed by atoms with E-state index in [0.29, 0.717) is 24.2 Å². The number of aliphatic hydroxyl groups is 1. The number of fused-ring (bicyclic) bond motifs is 7. The topological polar surface area (TPSA) is 101 Å². The fraction of sp³-hybridized carbons (Fsp3) is 0.702. The van der Waals surface area contributed by atoms with E-state index in [0.717, 1.165) is 44.9 Å². The van der Waals surface area contributed by atoms with Gasteiger partial charge in [0.25, 0.3) is 8.32 Å². The molecule has 0 unspecified atom stereocenters. The second kappa shape index (κ2) is 14.3. The molecule has 0 radical (unpaired) electrons. The van der Waals surface area contributed by atoms with Crippen LogP contribution in [-0.4, -0.2) is 72.1 Å². The summed E-state index contributed by atoms with van der Waals surface area (Å²) in [6.45, 7) is 18.8. The van der Waals surface area contributed by atoms with Crippen molar-refractivity contribution in [2.24, 2.45) is 40.4 Å². The first-order valence-corrected chi connectivity index (χ1v) is 24.3. The highest BCUT2D eigenvalue weighted by Crippen LogP contribution is 2.75. The van der Waals surface area contributed by atoms with Gasteiger partial charge in [-0.05, 0) is 103 Å². The summed E-state index contributed by atoms with van der Waals surface area (Å²) in [5.74, 6) is -0.178. The van der Waals surface area contributed by atoms with Crippen molar-refractivity contribution in [3.05, 3.63) is 60.7 Å². The van der Waals surface area contributed by atoms with Crippen LogP contribution in [0.2, 0.25) is 5.04 Å². The van der Waals surface area contributed by atoms with Crippen molar-refractivity contribution >= 4 is 46.6 Å². The van der Waals surface area contributed by atoms with Gasteiger partial charge in [-0.15, -0.1) is 0 Å². The number of aliphatic hydroxyl groups excluding tert-OH is 1. The highest BCUT2D eigenvalue weighted by Gasteiger charge is 2.80. The van der Waals surface area contributed by atoms with Crippen LogP contribution in [0.4, 0.5) is 0 Å². The minimum atomic E-state index is -3.09. The van der Waals surface area contributed by atoms with Gasteiger partial charge in [0, 0.05) is 31.6 Å². The summed E-state index contributed by atoms with van der Waals surface area (Å²) in [7, 11) is -3.09. The van der Waals surface area contributed by atoms with Crippen LogP contribution in [0.1, 0.15) is 114 Å². The molecule has 0 bridgehead atoms. The minimum absolute atomic E-state index is 0.0187. The molecule has 2 heterocycles. The van der Waals surface area contributed by atoms with Crippen LogP contribution in [0, 0.1) is 40.4 Å². The number of carbonyl (C=O) groups excluding carboxylic acids is 2. The van der Waals surface area contributed by atoms with Crippen LogP contribution in [0.15, 0.2) is 60.7 Å². The van der Waals surface area contributed by atoms with Crippen molar-refractivity contribution < 1.29 is 38.1 Å². The van der Waals surface area contributed by atoms with Crippen molar-refractivity contribution in [2.75, 3.05) is 6.61 Å². The summed E-state index contributed by atoms with van der Waals surface area (Å²) in [5.41, 5.74) is -1.25. The molecular formula is C47H65BrO8Si. The van der Waals surface area contributed by atoms with Gasteiger partial charge in [0.1, 0.15) is 18.3 Å². The SMILES string of the molecule is CC(=O)O[C@H]1CC[C@@]2(C)[C@@H](CC[C@@H]3[C@@H]2C[C@@H](OC(C)=O)[C@@]2(C)[C@H]3C[C@@H]3O[C@]4(O[C@](C)(CO)C[C@H]4O[Si](c4ccccc4)(c4ccccc4)C(C)(C)C)[C@@](C)(Br)[C@@H]32)C1. The Kier molecular flexibility index (Phi) is 10.4. The zero-order valence-electron chi connectivity index (χ0n) is 35.5. The summed E-state index contributed by atoms with van der Waals surface area (Å²) in [4.78, 5) is 25.1. The highest BCUT2D eigenvalue weighted by molar-refractivity contribution is 9.10. The molecule has 6 aliphatic rings. The average molecular weight is 866 g/mol. The number of rotatable bonds is 7. The molecule has 0 aromatic heterocycles. The Balaban J connectivity index is 1.20. The zero-order valence-corrected chi connectivity index (χ0v) is 38.1. The van der Waals surface area contributed by atoms with E-state index < -0.39 is 35.5 Å². The normalized spacial score (nSPS) is 43.8. The molecule has 2 aromatic rings. The van der Waals surface area contributed by atoms with Gasteiger partial charge >= 0.3 is 11.9 Å². The summed E-state index contributed by atoms with van der Waals surface area (Å²) in [6.07, 6.45) is 6.07. The zero-order chi connectivity index (χ0) is 41.0. The Morgan fingerprint density at radius 1 is 0.842 bits per heavy atom. The Bertz CT molecular complexity index is 1800. The van der Waals surface area contributed by atoms with Crippen LogP contribution < -0.4 is 10.4 Å². The lowest BCUT2D eigenvalue weighted by atomic mass is 9.43. The second-order valence-corrected chi connectivity index (χ2v) is 26.6. The third-order valence-corrected chi connectivity index (χ3v) is 22.5. The van der Waals surface area contributed by atoms with E-state index in [2.05, 4.69) is 118 Å². The predicted octanol–water partition coefficient (Wildman–Crippen LogP) is 8.09. The van der Waals surface area contributed by atoms with E-state index in [1.54, 1.807) is 6.92 Å². The molecule has 1 N–H and O–H groups in total. The minimum Gasteiger partial charge on any atom is -0.463 e. The molecule has 2 aromatic carbocycles. The van der Waals surface area contributed by atoms with Gasteiger partial charge in [-0.1, -0.05) is 111 Å². The van der Waals surface area contributed by atoms with Crippen molar-refractivity contribution in [2.45, 2.75) is 159 Å². The average Bonchev–Trinajstić information content (AvgIpc) is 3.70.